The van der Waals surface area contributed by atoms with Crippen molar-refractivity contribution >= 4 is 5.69 Å². The van der Waals surface area contributed by atoms with E-state index in [2.05, 4.69) is 28.4 Å². The number of benzene rings is 3. The molecular weight excluding hydrogens is 422 g/mol. The summed E-state index contributed by atoms with van der Waals surface area (Å²) < 4.78 is 34.4. The van der Waals surface area contributed by atoms with Gasteiger partial charge in [-0.05, 0) is 59.7 Å². The number of phenols is 1. The Balaban J connectivity index is 1.63. The molecule has 0 saturated carbocycles. The van der Waals surface area contributed by atoms with E-state index >= 15 is 0 Å². The van der Waals surface area contributed by atoms with Crippen molar-refractivity contribution in [2.45, 2.75) is 24.7 Å². The first-order chi connectivity index (χ1) is 16.0. The normalized spacial score (nSPS) is 20.4. The molecule has 1 fully saturated rings. The molecule has 1 heterocycles. The van der Waals surface area contributed by atoms with Gasteiger partial charge in [-0.25, -0.2) is 8.78 Å². The number of anilines is 1. The van der Waals surface area contributed by atoms with E-state index < -0.39 is 11.6 Å². The maximum Gasteiger partial charge on any atom is 0.129 e. The molecule has 0 spiro atoms. The summed E-state index contributed by atoms with van der Waals surface area (Å²) in [5, 5.41) is 13.4. The molecule has 3 aromatic rings. The van der Waals surface area contributed by atoms with Crippen LogP contribution < -0.4 is 15.0 Å². The average Bonchev–Trinajstić information content (AvgIpc) is 2.83. The quantitative estimate of drug-likeness (QED) is 0.590. The molecular formula is C27H28F2N2O2. The summed E-state index contributed by atoms with van der Waals surface area (Å²) in [5.41, 5.74) is 4.67. The van der Waals surface area contributed by atoms with Crippen LogP contribution in [-0.2, 0) is 6.42 Å². The van der Waals surface area contributed by atoms with Crippen molar-refractivity contribution < 1.29 is 18.6 Å². The van der Waals surface area contributed by atoms with Crippen LogP contribution in [0.4, 0.5) is 14.5 Å². The third-order valence-electron chi connectivity index (χ3n) is 6.98. The summed E-state index contributed by atoms with van der Waals surface area (Å²) >= 11 is 0. The highest BCUT2D eigenvalue weighted by atomic mass is 19.1. The lowest BCUT2D eigenvalue weighted by Crippen LogP contribution is -2.43. The van der Waals surface area contributed by atoms with Crippen LogP contribution in [0.2, 0.25) is 0 Å². The van der Waals surface area contributed by atoms with E-state index in [-0.39, 0.29) is 17.6 Å². The minimum absolute atomic E-state index is 0.179. The first-order valence-electron chi connectivity index (χ1n) is 11.5. The van der Waals surface area contributed by atoms with Crippen LogP contribution in [0.3, 0.4) is 0 Å². The van der Waals surface area contributed by atoms with Crippen LogP contribution >= 0.6 is 0 Å². The highest BCUT2D eigenvalue weighted by Crippen LogP contribution is 2.50. The largest absolute Gasteiger partial charge is 0.508 e. The number of aromatic hydroxyl groups is 1. The Morgan fingerprint density at radius 2 is 1.70 bits per heavy atom. The van der Waals surface area contributed by atoms with Gasteiger partial charge >= 0.3 is 0 Å². The van der Waals surface area contributed by atoms with E-state index in [4.69, 9.17) is 4.74 Å². The number of halogens is 2. The third kappa shape index (κ3) is 4.15. The summed E-state index contributed by atoms with van der Waals surface area (Å²) in [6, 6.07) is 15.5. The first-order valence-corrected chi connectivity index (χ1v) is 11.5. The van der Waals surface area contributed by atoms with Gasteiger partial charge < -0.3 is 20.1 Å². The Kier molecular flexibility index (Phi) is 5.94. The minimum Gasteiger partial charge on any atom is -0.508 e. The Morgan fingerprint density at radius 1 is 0.939 bits per heavy atom. The molecule has 3 aromatic carbocycles. The molecule has 0 aromatic heterocycles. The number of piperazine rings is 1. The van der Waals surface area contributed by atoms with Gasteiger partial charge in [-0.15, -0.1) is 0 Å². The van der Waals surface area contributed by atoms with Crippen LogP contribution in [0.1, 0.15) is 40.5 Å². The molecule has 2 atom stereocenters. The molecule has 2 N–H and O–H groups in total. The number of hydrogen-bond acceptors (Lipinski definition) is 4. The molecule has 0 bridgehead atoms. The fourth-order valence-corrected chi connectivity index (χ4v) is 5.40. The maximum atomic E-state index is 14.9. The number of aryl methyl sites for hydroxylation is 1. The smallest absolute Gasteiger partial charge is 0.129 e. The molecule has 33 heavy (non-hydrogen) atoms. The number of methoxy groups -OCH3 is 1. The van der Waals surface area contributed by atoms with E-state index in [9.17, 15) is 13.9 Å². The van der Waals surface area contributed by atoms with Gasteiger partial charge in [0.1, 0.15) is 23.1 Å². The summed E-state index contributed by atoms with van der Waals surface area (Å²) in [7, 11) is 1.66. The highest BCUT2D eigenvalue weighted by molar-refractivity contribution is 5.58. The summed E-state index contributed by atoms with van der Waals surface area (Å²) in [6.07, 6.45) is 1.40. The van der Waals surface area contributed by atoms with Crippen molar-refractivity contribution in [1.82, 2.24) is 5.32 Å². The lowest BCUT2D eigenvalue weighted by Gasteiger charge is -2.36. The standard InChI is InChI=1S/C27H28F2N2O2/c1-33-26-16-19(31-12-10-30-11-13-31)4-8-24(26)27-21-9-5-20(32)14-17(21)2-6-23(27)22-7-3-18(28)15-25(22)29/h3-5,7-9,14-16,23,27,30,32H,2,6,10-13H2,1H3/t23-,27-/m1/s1. The van der Waals surface area contributed by atoms with E-state index in [1.165, 1.54) is 6.07 Å². The van der Waals surface area contributed by atoms with Crippen molar-refractivity contribution in [3.63, 3.8) is 0 Å². The topological polar surface area (TPSA) is 44.7 Å². The number of nitrogens with zero attached hydrogens (tertiary/aromatic N) is 1. The Labute approximate surface area is 192 Å². The van der Waals surface area contributed by atoms with E-state index in [0.29, 0.717) is 18.4 Å². The van der Waals surface area contributed by atoms with Crippen LogP contribution in [-0.4, -0.2) is 38.4 Å². The molecule has 6 heteroatoms. The zero-order valence-electron chi connectivity index (χ0n) is 18.7. The SMILES string of the molecule is COc1cc(N2CCNCC2)ccc1[C@@H]1c2ccc(O)cc2CC[C@@H]1c1ccc(F)cc1F. The van der Waals surface area contributed by atoms with Crippen molar-refractivity contribution in [2.24, 2.45) is 0 Å². The molecule has 172 valence electrons. The number of fused-ring (bicyclic) bond motifs is 1. The Bertz CT molecular complexity index is 1160. The zero-order valence-corrected chi connectivity index (χ0v) is 18.7. The molecule has 2 aliphatic rings. The Hall–Kier alpha value is -3.12. The van der Waals surface area contributed by atoms with E-state index in [1.807, 2.05) is 6.07 Å². The van der Waals surface area contributed by atoms with Crippen LogP contribution in [0, 0.1) is 11.6 Å². The van der Waals surface area contributed by atoms with E-state index in [0.717, 1.165) is 60.4 Å². The number of rotatable bonds is 4. The molecule has 0 unspecified atom stereocenters. The van der Waals surface area contributed by atoms with E-state index in [1.54, 1.807) is 25.3 Å². The van der Waals surface area contributed by atoms with Gasteiger partial charge in [0, 0.05) is 55.5 Å². The summed E-state index contributed by atoms with van der Waals surface area (Å²) in [6.45, 7) is 3.74. The van der Waals surface area contributed by atoms with Crippen LogP contribution in [0.5, 0.6) is 11.5 Å². The van der Waals surface area contributed by atoms with Gasteiger partial charge in [-0.2, -0.15) is 0 Å². The number of hydrogen-bond donors (Lipinski definition) is 2. The van der Waals surface area contributed by atoms with Crippen LogP contribution in [0.15, 0.2) is 54.6 Å². The fraction of sp³-hybridized carbons (Fsp3) is 0.333. The zero-order chi connectivity index (χ0) is 22.9. The molecule has 0 amide bonds. The predicted molar refractivity (Wildman–Crippen MR) is 125 cm³/mol. The van der Waals surface area contributed by atoms with Gasteiger partial charge in [0.2, 0.25) is 0 Å². The van der Waals surface area contributed by atoms with Crippen molar-refractivity contribution in [1.29, 1.82) is 0 Å². The van der Waals surface area contributed by atoms with Crippen molar-refractivity contribution in [3.05, 3.63) is 88.5 Å². The fourth-order valence-electron chi connectivity index (χ4n) is 5.40. The predicted octanol–water partition coefficient (Wildman–Crippen LogP) is 4.95. The van der Waals surface area contributed by atoms with Crippen LogP contribution in [0.25, 0.3) is 0 Å². The van der Waals surface area contributed by atoms with Crippen molar-refractivity contribution in [3.8, 4) is 11.5 Å². The molecule has 1 aliphatic heterocycles. The lowest BCUT2D eigenvalue weighted by molar-refractivity contribution is 0.398. The van der Waals surface area contributed by atoms with Gasteiger partial charge in [0.25, 0.3) is 0 Å². The second kappa shape index (κ2) is 9.02. The molecule has 0 radical (unpaired) electrons. The number of phenolic OH excluding ortho intramolecular Hbond substituents is 1. The number of ether oxygens (including phenoxy) is 1. The molecule has 5 rings (SSSR count). The van der Waals surface area contributed by atoms with Crippen molar-refractivity contribution in [2.75, 3.05) is 38.2 Å². The third-order valence-corrected chi connectivity index (χ3v) is 6.98. The summed E-state index contributed by atoms with van der Waals surface area (Å²) in [5.74, 6) is -0.483. The average molecular weight is 451 g/mol. The molecule has 1 aliphatic carbocycles. The number of nitrogens with one attached hydrogen (secondary N) is 1. The molecule has 1 saturated heterocycles. The second-order valence-corrected chi connectivity index (χ2v) is 8.84. The maximum absolute atomic E-state index is 14.9. The van der Waals surface area contributed by atoms with Gasteiger partial charge in [0.15, 0.2) is 0 Å². The van der Waals surface area contributed by atoms with Gasteiger partial charge in [-0.3, -0.25) is 0 Å². The highest BCUT2D eigenvalue weighted by Gasteiger charge is 2.35. The van der Waals surface area contributed by atoms with Gasteiger partial charge in [0.05, 0.1) is 7.11 Å². The summed E-state index contributed by atoms with van der Waals surface area (Å²) in [4.78, 5) is 2.33. The first kappa shape index (κ1) is 21.7. The molecule has 4 nitrogen and oxygen atoms in total. The second-order valence-electron chi connectivity index (χ2n) is 8.84. The minimum atomic E-state index is -0.577. The Morgan fingerprint density at radius 3 is 2.45 bits per heavy atom. The lowest BCUT2D eigenvalue weighted by atomic mass is 9.69. The monoisotopic (exact) mass is 450 g/mol. The van der Waals surface area contributed by atoms with Gasteiger partial charge in [-0.1, -0.05) is 18.2 Å².